The Kier molecular flexibility index (Phi) is 4.38. The fourth-order valence-corrected chi connectivity index (χ4v) is 2.66. The molecule has 0 radical (unpaired) electrons. The number of anilines is 2. The molecule has 1 aromatic carbocycles. The average molecular weight is 265 g/mol. The third-order valence-corrected chi connectivity index (χ3v) is 3.59. The number of thiazole rings is 1. The summed E-state index contributed by atoms with van der Waals surface area (Å²) in [7, 11) is 0. The summed E-state index contributed by atoms with van der Waals surface area (Å²) in [6.07, 6.45) is 0.974. The number of rotatable bonds is 6. The van der Waals surface area contributed by atoms with Crippen LogP contribution in [0.3, 0.4) is 0 Å². The van der Waals surface area contributed by atoms with Crippen LogP contribution in [0.25, 0.3) is 10.2 Å². The molecule has 0 amide bonds. The van der Waals surface area contributed by atoms with E-state index >= 15 is 0 Å². The van der Waals surface area contributed by atoms with Crippen molar-refractivity contribution >= 4 is 32.9 Å². The van der Waals surface area contributed by atoms with E-state index in [0.29, 0.717) is 0 Å². The van der Waals surface area contributed by atoms with E-state index in [1.54, 1.807) is 11.3 Å². The maximum Gasteiger partial charge on any atom is 0.0907 e. The molecule has 2 rings (SSSR count). The number of hydrogen-bond acceptors (Lipinski definition) is 5. The Bertz CT molecular complexity index is 524. The maximum atomic E-state index is 6.02. The van der Waals surface area contributed by atoms with Gasteiger partial charge in [0.1, 0.15) is 0 Å². The maximum absolute atomic E-state index is 6.02. The number of nitrogens with one attached hydrogen (secondary N) is 1. The first-order valence-corrected chi connectivity index (χ1v) is 7.00. The van der Waals surface area contributed by atoms with Gasteiger partial charge in [-0.3, -0.25) is 0 Å². The lowest BCUT2D eigenvalue weighted by molar-refractivity contribution is 0.147. The topological polar surface area (TPSA) is 60.2 Å². The van der Waals surface area contributed by atoms with Crippen LogP contribution in [0.5, 0.6) is 0 Å². The predicted molar refractivity (Wildman–Crippen MR) is 78.4 cm³/mol. The summed E-state index contributed by atoms with van der Waals surface area (Å²) in [5.41, 5.74) is 8.78. The van der Waals surface area contributed by atoms with Gasteiger partial charge in [-0.25, -0.2) is 4.98 Å². The number of nitrogens with two attached hydrogens (primary N) is 1. The van der Waals surface area contributed by atoms with E-state index in [1.165, 1.54) is 0 Å². The fourth-order valence-electron chi connectivity index (χ4n) is 1.80. The van der Waals surface area contributed by atoms with Gasteiger partial charge in [0.15, 0.2) is 0 Å². The number of nitrogens with zero attached hydrogens (tertiary/aromatic N) is 1. The van der Waals surface area contributed by atoms with Crippen molar-refractivity contribution < 1.29 is 4.74 Å². The lowest BCUT2D eigenvalue weighted by Crippen LogP contribution is -2.07. The number of fused-ring (bicyclic) bond motifs is 1. The molecule has 2 aromatic rings. The van der Waals surface area contributed by atoms with Crippen LogP contribution in [-0.2, 0) is 4.74 Å². The van der Waals surface area contributed by atoms with Crippen molar-refractivity contribution in [2.75, 3.05) is 30.8 Å². The van der Waals surface area contributed by atoms with E-state index in [2.05, 4.69) is 10.3 Å². The molecule has 0 fully saturated rings. The highest BCUT2D eigenvalue weighted by atomic mass is 32.1. The van der Waals surface area contributed by atoms with Crippen LogP contribution in [0.15, 0.2) is 12.1 Å². The lowest BCUT2D eigenvalue weighted by Gasteiger charge is -2.09. The summed E-state index contributed by atoms with van der Waals surface area (Å²) in [6, 6.07) is 4.01. The molecule has 0 spiro atoms. The Morgan fingerprint density at radius 1 is 1.44 bits per heavy atom. The predicted octanol–water partition coefficient (Wildman–Crippen LogP) is 3.03. The minimum atomic E-state index is 0.770. The number of hydrogen-bond donors (Lipinski definition) is 2. The molecule has 98 valence electrons. The number of nitrogen functional groups attached to an aromatic ring is 1. The SMILES string of the molecule is CCOCCCNc1cc2nc(C)sc2cc1N. The van der Waals surface area contributed by atoms with E-state index in [1.807, 2.05) is 26.0 Å². The zero-order valence-corrected chi connectivity index (χ0v) is 11.6. The molecule has 0 saturated carbocycles. The molecule has 4 nitrogen and oxygen atoms in total. The minimum absolute atomic E-state index is 0.770. The van der Waals surface area contributed by atoms with Gasteiger partial charge in [0.2, 0.25) is 0 Å². The smallest absolute Gasteiger partial charge is 0.0907 e. The number of benzene rings is 1. The van der Waals surface area contributed by atoms with Crippen molar-refractivity contribution in [1.82, 2.24) is 4.98 Å². The number of aromatic nitrogens is 1. The molecule has 5 heteroatoms. The van der Waals surface area contributed by atoms with E-state index in [9.17, 15) is 0 Å². The highest BCUT2D eigenvalue weighted by Gasteiger charge is 2.05. The van der Waals surface area contributed by atoms with Crippen LogP contribution in [0.2, 0.25) is 0 Å². The highest BCUT2D eigenvalue weighted by molar-refractivity contribution is 7.18. The van der Waals surface area contributed by atoms with Gasteiger partial charge in [-0.2, -0.15) is 0 Å². The standard InChI is InChI=1S/C13H19N3OS/c1-3-17-6-4-5-15-11-8-12-13(7-10(11)14)18-9(2)16-12/h7-8,15H,3-6,14H2,1-2H3. The Hall–Kier alpha value is -1.33. The van der Waals surface area contributed by atoms with Crippen molar-refractivity contribution in [1.29, 1.82) is 0 Å². The Morgan fingerprint density at radius 2 is 2.28 bits per heavy atom. The van der Waals surface area contributed by atoms with E-state index < -0.39 is 0 Å². The summed E-state index contributed by atoms with van der Waals surface area (Å²) in [5, 5.41) is 4.40. The van der Waals surface area contributed by atoms with Crippen molar-refractivity contribution in [3.63, 3.8) is 0 Å². The molecular weight excluding hydrogens is 246 g/mol. The first-order valence-electron chi connectivity index (χ1n) is 6.19. The molecular formula is C13H19N3OS. The largest absolute Gasteiger partial charge is 0.397 e. The molecule has 0 aliphatic carbocycles. The molecule has 0 saturated heterocycles. The molecule has 1 aromatic heterocycles. The molecule has 0 bridgehead atoms. The van der Waals surface area contributed by atoms with E-state index in [-0.39, 0.29) is 0 Å². The van der Waals surface area contributed by atoms with Crippen LogP contribution >= 0.6 is 11.3 Å². The van der Waals surface area contributed by atoms with Crippen molar-refractivity contribution in [2.24, 2.45) is 0 Å². The molecule has 0 unspecified atom stereocenters. The van der Waals surface area contributed by atoms with Crippen molar-refractivity contribution in [3.05, 3.63) is 17.1 Å². The average Bonchev–Trinajstić information content (AvgIpc) is 2.68. The van der Waals surface area contributed by atoms with Gasteiger partial charge in [-0.05, 0) is 32.4 Å². The third-order valence-electron chi connectivity index (χ3n) is 2.65. The van der Waals surface area contributed by atoms with Crippen LogP contribution in [-0.4, -0.2) is 24.7 Å². The highest BCUT2D eigenvalue weighted by Crippen LogP contribution is 2.29. The van der Waals surface area contributed by atoms with E-state index in [4.69, 9.17) is 10.5 Å². The van der Waals surface area contributed by atoms with Gasteiger partial charge in [0.05, 0.1) is 26.6 Å². The van der Waals surface area contributed by atoms with Gasteiger partial charge >= 0.3 is 0 Å². The second-order valence-corrected chi connectivity index (χ2v) is 5.35. The van der Waals surface area contributed by atoms with Crippen LogP contribution in [0, 0.1) is 6.92 Å². The van der Waals surface area contributed by atoms with E-state index in [0.717, 1.165) is 52.8 Å². The lowest BCUT2D eigenvalue weighted by atomic mass is 10.2. The molecule has 0 aliphatic rings. The number of aryl methyl sites for hydroxylation is 1. The normalized spacial score (nSPS) is 11.0. The molecule has 1 heterocycles. The first-order chi connectivity index (χ1) is 8.70. The van der Waals surface area contributed by atoms with Gasteiger partial charge in [-0.1, -0.05) is 0 Å². The van der Waals surface area contributed by atoms with Crippen LogP contribution < -0.4 is 11.1 Å². The zero-order chi connectivity index (χ0) is 13.0. The van der Waals surface area contributed by atoms with Gasteiger partial charge in [0.25, 0.3) is 0 Å². The van der Waals surface area contributed by atoms with Gasteiger partial charge < -0.3 is 15.8 Å². The Labute approximate surface area is 111 Å². The minimum Gasteiger partial charge on any atom is -0.397 e. The molecule has 18 heavy (non-hydrogen) atoms. The first kappa shape index (κ1) is 13.1. The summed E-state index contributed by atoms with van der Waals surface area (Å²) in [5.74, 6) is 0. The zero-order valence-electron chi connectivity index (χ0n) is 10.8. The third kappa shape index (κ3) is 3.11. The quantitative estimate of drug-likeness (QED) is 0.622. The van der Waals surface area contributed by atoms with Crippen molar-refractivity contribution in [2.45, 2.75) is 20.3 Å². The summed E-state index contributed by atoms with van der Waals surface area (Å²) >= 11 is 1.67. The second kappa shape index (κ2) is 6.02. The fraction of sp³-hybridized carbons (Fsp3) is 0.462. The molecule has 0 aliphatic heterocycles. The summed E-state index contributed by atoms with van der Waals surface area (Å²) in [4.78, 5) is 4.47. The van der Waals surface area contributed by atoms with Crippen molar-refractivity contribution in [3.8, 4) is 0 Å². The summed E-state index contributed by atoms with van der Waals surface area (Å²) in [6.45, 7) is 6.42. The molecule has 3 N–H and O–H groups in total. The number of ether oxygens (including phenoxy) is 1. The Morgan fingerprint density at radius 3 is 3.06 bits per heavy atom. The summed E-state index contributed by atoms with van der Waals surface area (Å²) < 4.78 is 6.44. The Balaban J connectivity index is 2.01. The monoisotopic (exact) mass is 265 g/mol. The van der Waals surface area contributed by atoms with Gasteiger partial charge in [-0.15, -0.1) is 11.3 Å². The second-order valence-electron chi connectivity index (χ2n) is 4.12. The van der Waals surface area contributed by atoms with Gasteiger partial charge in [0, 0.05) is 19.8 Å². The van der Waals surface area contributed by atoms with Crippen LogP contribution in [0.1, 0.15) is 18.4 Å². The molecule has 0 atom stereocenters. The van der Waals surface area contributed by atoms with Crippen LogP contribution in [0.4, 0.5) is 11.4 Å².